The van der Waals surface area contributed by atoms with Crippen molar-refractivity contribution < 1.29 is 19.1 Å². The van der Waals surface area contributed by atoms with E-state index in [1.807, 2.05) is 36.4 Å². The van der Waals surface area contributed by atoms with Gasteiger partial charge in [-0.25, -0.2) is 0 Å². The summed E-state index contributed by atoms with van der Waals surface area (Å²) >= 11 is 0. The summed E-state index contributed by atoms with van der Waals surface area (Å²) in [7, 11) is 3.11. The summed E-state index contributed by atoms with van der Waals surface area (Å²) in [6, 6.07) is 15.0. The third-order valence-corrected chi connectivity index (χ3v) is 3.82. The van der Waals surface area contributed by atoms with Gasteiger partial charge in [-0.2, -0.15) is 0 Å². The Morgan fingerprint density at radius 2 is 1.58 bits per heavy atom. The zero-order valence-corrected chi connectivity index (χ0v) is 15.1. The SMILES string of the molecule is COc1ccc(CC(=O)NCCC(=O)NCc2ccccc2)cc1OC. The quantitative estimate of drug-likeness (QED) is 0.721. The van der Waals surface area contributed by atoms with Gasteiger partial charge in [0.25, 0.3) is 0 Å². The minimum absolute atomic E-state index is 0.0970. The average molecular weight is 356 g/mol. The van der Waals surface area contributed by atoms with Crippen molar-refractivity contribution in [3.05, 3.63) is 59.7 Å². The first-order chi connectivity index (χ1) is 12.6. The van der Waals surface area contributed by atoms with Gasteiger partial charge < -0.3 is 20.1 Å². The van der Waals surface area contributed by atoms with Gasteiger partial charge in [-0.05, 0) is 23.3 Å². The molecule has 2 N–H and O–H groups in total. The van der Waals surface area contributed by atoms with Crippen LogP contribution in [0.1, 0.15) is 17.5 Å². The predicted molar refractivity (Wildman–Crippen MR) is 99.2 cm³/mol. The predicted octanol–water partition coefficient (Wildman–Crippen LogP) is 2.07. The number of carbonyl (C=O) groups excluding carboxylic acids is 2. The minimum atomic E-state index is -0.145. The summed E-state index contributed by atoms with van der Waals surface area (Å²) in [5, 5.41) is 5.58. The van der Waals surface area contributed by atoms with Crippen molar-refractivity contribution in [2.24, 2.45) is 0 Å². The molecule has 0 unspecified atom stereocenters. The van der Waals surface area contributed by atoms with Crippen molar-refractivity contribution in [2.45, 2.75) is 19.4 Å². The van der Waals surface area contributed by atoms with Crippen molar-refractivity contribution in [3.8, 4) is 11.5 Å². The van der Waals surface area contributed by atoms with E-state index in [4.69, 9.17) is 9.47 Å². The maximum absolute atomic E-state index is 12.0. The van der Waals surface area contributed by atoms with E-state index in [0.29, 0.717) is 24.6 Å². The molecule has 0 aliphatic carbocycles. The van der Waals surface area contributed by atoms with E-state index in [2.05, 4.69) is 10.6 Å². The second kappa shape index (κ2) is 10.1. The van der Waals surface area contributed by atoms with Gasteiger partial charge in [0.1, 0.15) is 0 Å². The maximum atomic E-state index is 12.0. The third kappa shape index (κ3) is 6.12. The molecule has 2 aromatic carbocycles. The van der Waals surface area contributed by atoms with Crippen LogP contribution in [0.2, 0.25) is 0 Å². The van der Waals surface area contributed by atoms with Gasteiger partial charge in [-0.15, -0.1) is 0 Å². The molecule has 0 aliphatic rings. The van der Waals surface area contributed by atoms with Crippen LogP contribution < -0.4 is 20.1 Å². The second-order valence-corrected chi connectivity index (χ2v) is 5.73. The van der Waals surface area contributed by atoms with Crippen molar-refractivity contribution in [2.75, 3.05) is 20.8 Å². The van der Waals surface area contributed by atoms with E-state index in [1.165, 1.54) is 0 Å². The Morgan fingerprint density at radius 3 is 2.27 bits per heavy atom. The summed E-state index contributed by atoms with van der Waals surface area (Å²) in [4.78, 5) is 23.8. The van der Waals surface area contributed by atoms with E-state index in [-0.39, 0.29) is 24.7 Å². The molecule has 0 bridgehead atoms. The molecular weight excluding hydrogens is 332 g/mol. The number of hydrogen-bond donors (Lipinski definition) is 2. The second-order valence-electron chi connectivity index (χ2n) is 5.73. The number of benzene rings is 2. The Labute approximate surface area is 153 Å². The van der Waals surface area contributed by atoms with Gasteiger partial charge in [-0.1, -0.05) is 36.4 Å². The summed E-state index contributed by atoms with van der Waals surface area (Å²) in [5.74, 6) is 0.957. The highest BCUT2D eigenvalue weighted by molar-refractivity contribution is 5.80. The molecule has 0 atom stereocenters. The number of nitrogens with one attached hydrogen (secondary N) is 2. The first-order valence-corrected chi connectivity index (χ1v) is 8.40. The molecule has 0 radical (unpaired) electrons. The molecule has 0 heterocycles. The molecule has 0 spiro atoms. The van der Waals surface area contributed by atoms with Gasteiger partial charge >= 0.3 is 0 Å². The van der Waals surface area contributed by atoms with Gasteiger partial charge in [0, 0.05) is 19.5 Å². The van der Waals surface area contributed by atoms with Crippen LogP contribution in [0.15, 0.2) is 48.5 Å². The molecule has 26 heavy (non-hydrogen) atoms. The molecule has 6 nitrogen and oxygen atoms in total. The Balaban J connectivity index is 1.71. The topological polar surface area (TPSA) is 76.7 Å². The standard InChI is InChI=1S/C20H24N2O4/c1-25-17-9-8-16(12-18(17)26-2)13-20(24)21-11-10-19(23)22-14-15-6-4-3-5-7-15/h3-9,12H,10-11,13-14H2,1-2H3,(H,21,24)(H,22,23). The molecule has 138 valence electrons. The van der Waals surface area contributed by atoms with Gasteiger partial charge in [-0.3, -0.25) is 9.59 Å². The molecule has 2 amide bonds. The molecule has 0 aliphatic heterocycles. The van der Waals surface area contributed by atoms with Crippen LogP contribution in [0.25, 0.3) is 0 Å². The first kappa shape index (κ1) is 19.3. The van der Waals surface area contributed by atoms with E-state index < -0.39 is 0 Å². The summed E-state index contributed by atoms with van der Waals surface area (Å²) < 4.78 is 10.4. The minimum Gasteiger partial charge on any atom is -0.493 e. The normalized spacial score (nSPS) is 10.1. The molecule has 0 saturated heterocycles. The van der Waals surface area contributed by atoms with Gasteiger partial charge in [0.2, 0.25) is 11.8 Å². The summed E-state index contributed by atoms with van der Waals surface area (Å²) in [6.07, 6.45) is 0.455. The Morgan fingerprint density at radius 1 is 0.846 bits per heavy atom. The van der Waals surface area contributed by atoms with Crippen molar-refractivity contribution in [3.63, 3.8) is 0 Å². The van der Waals surface area contributed by atoms with Crippen LogP contribution in [0.5, 0.6) is 11.5 Å². The van der Waals surface area contributed by atoms with E-state index in [0.717, 1.165) is 11.1 Å². The molecule has 2 rings (SSSR count). The van der Waals surface area contributed by atoms with Crippen LogP contribution in [-0.2, 0) is 22.6 Å². The number of ether oxygens (including phenoxy) is 2. The number of methoxy groups -OCH3 is 2. The number of amides is 2. The molecule has 2 aromatic rings. The molecule has 6 heteroatoms. The smallest absolute Gasteiger partial charge is 0.224 e. The van der Waals surface area contributed by atoms with Crippen LogP contribution in [0.3, 0.4) is 0 Å². The van der Waals surface area contributed by atoms with Crippen LogP contribution in [0, 0.1) is 0 Å². The lowest BCUT2D eigenvalue weighted by Gasteiger charge is -2.10. The number of rotatable bonds is 9. The maximum Gasteiger partial charge on any atom is 0.224 e. The van der Waals surface area contributed by atoms with E-state index in [1.54, 1.807) is 26.4 Å². The fraction of sp³-hybridized carbons (Fsp3) is 0.300. The zero-order chi connectivity index (χ0) is 18.8. The van der Waals surface area contributed by atoms with E-state index >= 15 is 0 Å². The zero-order valence-electron chi connectivity index (χ0n) is 15.1. The fourth-order valence-electron chi connectivity index (χ4n) is 2.44. The first-order valence-electron chi connectivity index (χ1n) is 8.40. The lowest BCUT2D eigenvalue weighted by Crippen LogP contribution is -2.31. The highest BCUT2D eigenvalue weighted by Gasteiger charge is 2.09. The monoisotopic (exact) mass is 356 g/mol. The molecule has 0 saturated carbocycles. The number of hydrogen-bond acceptors (Lipinski definition) is 4. The Kier molecular flexibility index (Phi) is 7.49. The van der Waals surface area contributed by atoms with Crippen molar-refractivity contribution in [1.82, 2.24) is 10.6 Å². The van der Waals surface area contributed by atoms with E-state index in [9.17, 15) is 9.59 Å². The summed E-state index contributed by atoms with van der Waals surface area (Å²) in [5.41, 5.74) is 1.85. The Bertz CT molecular complexity index is 732. The number of carbonyl (C=O) groups is 2. The molecule has 0 aromatic heterocycles. The average Bonchev–Trinajstić information content (AvgIpc) is 2.67. The largest absolute Gasteiger partial charge is 0.493 e. The summed E-state index contributed by atoms with van der Waals surface area (Å²) in [6.45, 7) is 0.784. The van der Waals surface area contributed by atoms with Crippen LogP contribution in [-0.4, -0.2) is 32.6 Å². The lowest BCUT2D eigenvalue weighted by atomic mass is 10.1. The van der Waals surface area contributed by atoms with Crippen LogP contribution >= 0.6 is 0 Å². The van der Waals surface area contributed by atoms with Crippen LogP contribution in [0.4, 0.5) is 0 Å². The Hall–Kier alpha value is -3.02. The van der Waals surface area contributed by atoms with Gasteiger partial charge in [0.15, 0.2) is 11.5 Å². The molecule has 0 fully saturated rings. The van der Waals surface area contributed by atoms with Crippen molar-refractivity contribution >= 4 is 11.8 Å². The van der Waals surface area contributed by atoms with Gasteiger partial charge in [0.05, 0.1) is 20.6 Å². The molecular formula is C20H24N2O4. The lowest BCUT2D eigenvalue weighted by molar-refractivity contribution is -0.122. The highest BCUT2D eigenvalue weighted by Crippen LogP contribution is 2.27. The fourth-order valence-corrected chi connectivity index (χ4v) is 2.44. The third-order valence-electron chi connectivity index (χ3n) is 3.82. The van der Waals surface area contributed by atoms with Crippen molar-refractivity contribution in [1.29, 1.82) is 0 Å². The highest BCUT2D eigenvalue weighted by atomic mass is 16.5.